The van der Waals surface area contributed by atoms with Crippen LogP contribution in [-0.2, 0) is 11.2 Å². The number of phenolic OH excluding ortho intramolecular Hbond substituents is 1. The van der Waals surface area contributed by atoms with Crippen molar-refractivity contribution in [3.8, 4) is 16.2 Å². The number of nitrogens with zero attached hydrogens (tertiary/aromatic N) is 2. The number of thiophene rings is 1. The number of hydrogen-bond acceptors (Lipinski definition) is 6. The number of nitrogens with two attached hydrogens (primary N) is 1. The number of benzene rings is 1. The maximum Gasteiger partial charge on any atom is 0.259 e. The Bertz CT molecular complexity index is 904. The van der Waals surface area contributed by atoms with Gasteiger partial charge in [-0.05, 0) is 69.2 Å². The highest BCUT2D eigenvalue weighted by Gasteiger charge is 2.22. The molecule has 1 aromatic heterocycles. The lowest BCUT2D eigenvalue weighted by Crippen LogP contribution is -2.40. The molecule has 30 heavy (non-hydrogen) atoms. The van der Waals surface area contributed by atoms with Crippen LogP contribution in [0.1, 0.15) is 38.4 Å². The summed E-state index contributed by atoms with van der Waals surface area (Å²) in [5.41, 5.74) is 7.56. The van der Waals surface area contributed by atoms with E-state index in [-0.39, 0.29) is 17.2 Å². The second-order valence-corrected chi connectivity index (χ2v) is 8.78. The number of primary amides is 1. The minimum atomic E-state index is -0.433. The fraction of sp³-hybridized carbons (Fsp3) is 0.455. The molecule has 3 rings (SSSR count). The van der Waals surface area contributed by atoms with E-state index in [9.17, 15) is 14.7 Å². The number of carbonyl (C=O) groups excluding carboxylic acids is 2. The molecule has 1 aromatic carbocycles. The lowest BCUT2D eigenvalue weighted by Gasteiger charge is -2.27. The molecule has 0 atom stereocenters. The molecule has 2 aromatic rings. The van der Waals surface area contributed by atoms with Gasteiger partial charge < -0.3 is 25.4 Å². The average molecular weight is 432 g/mol. The Balaban J connectivity index is 1.78. The van der Waals surface area contributed by atoms with Gasteiger partial charge in [-0.1, -0.05) is 6.07 Å². The molecule has 3 N–H and O–H groups in total. The molecule has 0 unspecified atom stereocenters. The predicted octanol–water partition coefficient (Wildman–Crippen LogP) is 2.58. The molecule has 2 amide bonds. The van der Waals surface area contributed by atoms with Gasteiger partial charge in [0.2, 0.25) is 0 Å². The van der Waals surface area contributed by atoms with Gasteiger partial charge in [-0.2, -0.15) is 0 Å². The summed E-state index contributed by atoms with van der Waals surface area (Å²) in [6.45, 7) is 3.05. The molecule has 0 saturated carbocycles. The first-order valence-electron chi connectivity index (χ1n) is 10.1. The van der Waals surface area contributed by atoms with Crippen molar-refractivity contribution in [2.24, 2.45) is 5.73 Å². The van der Waals surface area contributed by atoms with Gasteiger partial charge in [-0.25, -0.2) is 0 Å². The van der Waals surface area contributed by atoms with Crippen LogP contribution in [0.3, 0.4) is 0 Å². The third-order valence-corrected chi connectivity index (χ3v) is 6.39. The summed E-state index contributed by atoms with van der Waals surface area (Å²) in [5, 5.41) is 10.5. The zero-order valence-corrected chi connectivity index (χ0v) is 18.3. The van der Waals surface area contributed by atoms with E-state index in [2.05, 4.69) is 4.90 Å². The van der Waals surface area contributed by atoms with E-state index in [1.54, 1.807) is 23.1 Å². The van der Waals surface area contributed by atoms with Crippen molar-refractivity contribution < 1.29 is 19.4 Å². The first-order chi connectivity index (χ1) is 14.4. The molecule has 7 nitrogen and oxygen atoms in total. The first-order valence-corrected chi connectivity index (χ1v) is 11.0. The van der Waals surface area contributed by atoms with Crippen LogP contribution in [0.2, 0.25) is 0 Å². The van der Waals surface area contributed by atoms with Crippen molar-refractivity contribution in [3.05, 3.63) is 40.3 Å². The Morgan fingerprint density at radius 2 is 1.93 bits per heavy atom. The Morgan fingerprint density at radius 3 is 2.57 bits per heavy atom. The zero-order chi connectivity index (χ0) is 21.7. The SMILES string of the molecule is CN(C)CCCCc1cc(-c2ccc(C(=O)N3CCOCC3)c(O)c2)sc1C(N)=O. The summed E-state index contributed by atoms with van der Waals surface area (Å²) < 4.78 is 5.28. The molecule has 0 spiro atoms. The lowest BCUT2D eigenvalue weighted by molar-refractivity contribution is 0.0301. The van der Waals surface area contributed by atoms with Crippen molar-refractivity contribution in [1.82, 2.24) is 9.80 Å². The molecule has 0 aliphatic carbocycles. The third-order valence-electron chi connectivity index (χ3n) is 5.15. The summed E-state index contributed by atoms with van der Waals surface area (Å²) in [5.74, 6) is -0.698. The highest BCUT2D eigenvalue weighted by Crippen LogP contribution is 2.35. The van der Waals surface area contributed by atoms with E-state index in [4.69, 9.17) is 10.5 Å². The highest BCUT2D eigenvalue weighted by atomic mass is 32.1. The Hall–Kier alpha value is -2.42. The molecule has 1 aliphatic rings. The molecule has 0 bridgehead atoms. The lowest BCUT2D eigenvalue weighted by atomic mass is 10.0. The van der Waals surface area contributed by atoms with E-state index in [1.165, 1.54) is 11.3 Å². The van der Waals surface area contributed by atoms with Crippen molar-refractivity contribution in [1.29, 1.82) is 0 Å². The van der Waals surface area contributed by atoms with Gasteiger partial charge in [-0.15, -0.1) is 11.3 Å². The van der Waals surface area contributed by atoms with Gasteiger partial charge in [0.05, 0.1) is 23.7 Å². The molecular weight excluding hydrogens is 402 g/mol. The van der Waals surface area contributed by atoms with E-state index in [0.29, 0.717) is 31.2 Å². The van der Waals surface area contributed by atoms with Crippen molar-refractivity contribution in [2.75, 3.05) is 46.9 Å². The van der Waals surface area contributed by atoms with Gasteiger partial charge in [0, 0.05) is 18.0 Å². The van der Waals surface area contributed by atoms with Crippen LogP contribution in [0, 0.1) is 0 Å². The van der Waals surface area contributed by atoms with E-state index < -0.39 is 5.91 Å². The normalized spacial score (nSPS) is 14.3. The van der Waals surface area contributed by atoms with Crippen LogP contribution < -0.4 is 5.73 Å². The number of carbonyl (C=O) groups is 2. The quantitative estimate of drug-likeness (QED) is 0.627. The van der Waals surface area contributed by atoms with Crippen LogP contribution in [0.25, 0.3) is 10.4 Å². The number of hydrogen-bond donors (Lipinski definition) is 2. The molecule has 162 valence electrons. The summed E-state index contributed by atoms with van der Waals surface area (Å²) in [6, 6.07) is 7.00. The fourth-order valence-corrected chi connectivity index (χ4v) is 4.57. The fourth-order valence-electron chi connectivity index (χ4n) is 3.51. The number of unbranched alkanes of at least 4 members (excludes halogenated alkanes) is 1. The summed E-state index contributed by atoms with van der Waals surface area (Å²) in [7, 11) is 4.08. The van der Waals surface area contributed by atoms with E-state index in [1.807, 2.05) is 20.2 Å². The molecule has 1 fully saturated rings. The summed E-state index contributed by atoms with van der Waals surface area (Å²) >= 11 is 1.33. The van der Waals surface area contributed by atoms with Crippen molar-refractivity contribution in [3.63, 3.8) is 0 Å². The maximum atomic E-state index is 12.7. The molecule has 1 aliphatic heterocycles. The molecule has 8 heteroatoms. The third kappa shape index (κ3) is 5.38. The second kappa shape index (κ2) is 10.1. The van der Waals surface area contributed by atoms with E-state index in [0.717, 1.165) is 41.8 Å². The number of rotatable bonds is 8. The molecule has 1 saturated heterocycles. The standard InChI is InChI=1S/C22H29N3O4S/c1-24(2)8-4-3-5-16-14-19(30-20(16)21(23)27)15-6-7-17(18(26)13-15)22(28)25-9-11-29-12-10-25/h6-7,13-14,26H,3-5,8-12H2,1-2H3,(H2,23,27). The minimum absolute atomic E-state index is 0.0643. The first kappa shape index (κ1) is 22.3. The Morgan fingerprint density at radius 1 is 1.20 bits per heavy atom. The van der Waals surface area contributed by atoms with Gasteiger partial charge in [-0.3, -0.25) is 9.59 Å². The van der Waals surface area contributed by atoms with Crippen molar-refractivity contribution >= 4 is 23.2 Å². The zero-order valence-electron chi connectivity index (χ0n) is 17.5. The summed E-state index contributed by atoms with van der Waals surface area (Å²) in [6.07, 6.45) is 2.78. The largest absolute Gasteiger partial charge is 0.507 e. The molecule has 2 heterocycles. The smallest absolute Gasteiger partial charge is 0.259 e. The van der Waals surface area contributed by atoms with Crippen LogP contribution in [0.15, 0.2) is 24.3 Å². The minimum Gasteiger partial charge on any atom is -0.507 e. The Kier molecular flexibility index (Phi) is 7.47. The van der Waals surface area contributed by atoms with Gasteiger partial charge in [0.25, 0.3) is 11.8 Å². The van der Waals surface area contributed by atoms with Crippen molar-refractivity contribution in [2.45, 2.75) is 19.3 Å². The monoisotopic (exact) mass is 431 g/mol. The Labute approximate surface area is 181 Å². The molecule has 0 radical (unpaired) electrons. The van der Waals surface area contributed by atoms with Gasteiger partial charge in [0.15, 0.2) is 0 Å². The number of amides is 2. The van der Waals surface area contributed by atoms with Crippen LogP contribution in [0.4, 0.5) is 0 Å². The topological polar surface area (TPSA) is 96.1 Å². The number of ether oxygens (including phenoxy) is 1. The average Bonchev–Trinajstić information content (AvgIpc) is 3.16. The van der Waals surface area contributed by atoms with Crippen LogP contribution in [0.5, 0.6) is 5.75 Å². The van der Waals surface area contributed by atoms with Crippen LogP contribution >= 0.6 is 11.3 Å². The number of aromatic hydroxyl groups is 1. The maximum absolute atomic E-state index is 12.7. The summed E-state index contributed by atoms with van der Waals surface area (Å²) in [4.78, 5) is 29.8. The number of phenols is 1. The highest BCUT2D eigenvalue weighted by molar-refractivity contribution is 7.17. The second-order valence-electron chi connectivity index (χ2n) is 7.73. The van der Waals surface area contributed by atoms with E-state index >= 15 is 0 Å². The van der Waals surface area contributed by atoms with Gasteiger partial charge in [0.1, 0.15) is 5.75 Å². The molecular formula is C22H29N3O4S. The number of aryl methyl sites for hydroxylation is 1. The van der Waals surface area contributed by atoms with Gasteiger partial charge >= 0.3 is 0 Å². The van der Waals surface area contributed by atoms with Crippen LogP contribution in [-0.4, -0.2) is 73.7 Å². The number of morpholine rings is 1. The predicted molar refractivity (Wildman–Crippen MR) is 118 cm³/mol.